The Bertz CT molecular complexity index is 486. The Morgan fingerprint density at radius 1 is 1.47 bits per heavy atom. The Balaban J connectivity index is 2.51. The van der Waals surface area contributed by atoms with Crippen LogP contribution in [0.25, 0.3) is 0 Å². The molecular formula is C12H16Cl2N2O3. The molecule has 0 aliphatic heterocycles. The zero-order chi connectivity index (χ0) is 14.6. The lowest BCUT2D eigenvalue weighted by Gasteiger charge is -2.11. The first kappa shape index (κ1) is 15.9. The summed E-state index contributed by atoms with van der Waals surface area (Å²) in [5.41, 5.74) is 0.375. The zero-order valence-electron chi connectivity index (χ0n) is 10.7. The van der Waals surface area contributed by atoms with Crippen LogP contribution >= 0.6 is 23.2 Å². The van der Waals surface area contributed by atoms with E-state index < -0.39 is 5.97 Å². The van der Waals surface area contributed by atoms with Crippen LogP contribution < -0.4 is 5.32 Å². The highest BCUT2D eigenvalue weighted by Gasteiger charge is 2.16. The molecule has 0 fully saturated rings. The summed E-state index contributed by atoms with van der Waals surface area (Å²) in [7, 11) is 1.65. The highest BCUT2D eigenvalue weighted by atomic mass is 35.5. The predicted molar refractivity (Wildman–Crippen MR) is 73.8 cm³/mol. The van der Waals surface area contributed by atoms with Gasteiger partial charge in [0.05, 0.1) is 5.02 Å². The topological polar surface area (TPSA) is 71.3 Å². The summed E-state index contributed by atoms with van der Waals surface area (Å²) < 4.78 is 1.50. The fraction of sp³-hybridized carbons (Fsp3) is 0.500. The van der Waals surface area contributed by atoms with E-state index in [9.17, 15) is 9.59 Å². The Kier molecular flexibility index (Phi) is 5.69. The maximum absolute atomic E-state index is 11.9. The number of carboxylic acid groups (broad SMARTS) is 1. The molecule has 2 N–H and O–H groups in total. The molecule has 0 bridgehead atoms. The molecule has 0 aliphatic rings. The van der Waals surface area contributed by atoms with Crippen molar-refractivity contribution in [3.8, 4) is 0 Å². The monoisotopic (exact) mass is 306 g/mol. The molecule has 1 unspecified atom stereocenters. The molecule has 5 nitrogen and oxygen atoms in total. The van der Waals surface area contributed by atoms with Crippen LogP contribution in [0.1, 0.15) is 30.3 Å². The van der Waals surface area contributed by atoms with Gasteiger partial charge in [-0.3, -0.25) is 9.59 Å². The summed E-state index contributed by atoms with van der Waals surface area (Å²) in [6.45, 7) is 2.29. The van der Waals surface area contributed by atoms with Gasteiger partial charge in [-0.2, -0.15) is 0 Å². The highest BCUT2D eigenvalue weighted by molar-refractivity contribution is 6.41. The average molecular weight is 307 g/mol. The number of nitrogens with zero attached hydrogens (tertiary/aromatic N) is 1. The summed E-state index contributed by atoms with van der Waals surface area (Å²) in [5.74, 6) is -1.02. The molecule has 0 saturated heterocycles. The minimum Gasteiger partial charge on any atom is -0.481 e. The van der Waals surface area contributed by atoms with Crippen LogP contribution in [0, 0.1) is 5.92 Å². The van der Waals surface area contributed by atoms with Gasteiger partial charge in [-0.05, 0) is 18.4 Å². The molecule has 1 heterocycles. The van der Waals surface area contributed by atoms with E-state index in [0.29, 0.717) is 28.8 Å². The second kappa shape index (κ2) is 6.82. The van der Waals surface area contributed by atoms with Crippen molar-refractivity contribution in [2.45, 2.75) is 19.8 Å². The molecule has 19 heavy (non-hydrogen) atoms. The van der Waals surface area contributed by atoms with E-state index in [1.807, 2.05) is 6.92 Å². The summed E-state index contributed by atoms with van der Waals surface area (Å²) >= 11 is 11.7. The molecule has 1 aromatic heterocycles. The molecule has 1 aromatic rings. The molecular weight excluding hydrogens is 291 g/mol. The molecule has 0 saturated carbocycles. The molecule has 1 atom stereocenters. The third-order valence-electron chi connectivity index (χ3n) is 2.81. The van der Waals surface area contributed by atoms with Gasteiger partial charge in [0.25, 0.3) is 5.91 Å². The lowest BCUT2D eigenvalue weighted by atomic mass is 10.1. The first-order valence-corrected chi connectivity index (χ1v) is 6.59. The van der Waals surface area contributed by atoms with Gasteiger partial charge in [-0.25, -0.2) is 0 Å². The van der Waals surface area contributed by atoms with Gasteiger partial charge >= 0.3 is 5.97 Å². The number of aromatic nitrogens is 1. The standard InChI is InChI=1S/C12H16Cl2N2O3/c1-7(3-4-10(17)18)6-15-12(19)9-5-8(13)11(14)16(9)2/h5,7H,3-4,6H2,1-2H3,(H,15,19)(H,17,18). The van der Waals surface area contributed by atoms with Gasteiger partial charge < -0.3 is 15.0 Å². The lowest BCUT2D eigenvalue weighted by Crippen LogP contribution is -2.29. The normalized spacial score (nSPS) is 12.2. The van der Waals surface area contributed by atoms with Crippen molar-refractivity contribution >= 4 is 35.1 Å². The molecule has 106 valence electrons. The van der Waals surface area contributed by atoms with E-state index in [4.69, 9.17) is 28.3 Å². The number of aliphatic carboxylic acids is 1. The molecule has 0 radical (unpaired) electrons. The molecule has 0 aromatic carbocycles. The van der Waals surface area contributed by atoms with Gasteiger partial charge in [0.2, 0.25) is 0 Å². The summed E-state index contributed by atoms with van der Waals surface area (Å²) in [6, 6.07) is 1.50. The second-order valence-corrected chi connectivity index (χ2v) is 5.24. The third kappa shape index (κ3) is 4.44. The Hall–Kier alpha value is -1.20. The van der Waals surface area contributed by atoms with Crippen LogP contribution in [0.15, 0.2) is 6.07 Å². The molecule has 0 aliphatic carbocycles. The third-order valence-corrected chi connectivity index (χ3v) is 3.65. The summed E-state index contributed by atoms with van der Waals surface area (Å²) in [6.07, 6.45) is 0.614. The quantitative estimate of drug-likeness (QED) is 0.848. The van der Waals surface area contributed by atoms with Crippen LogP contribution in [-0.2, 0) is 11.8 Å². The maximum Gasteiger partial charge on any atom is 0.303 e. The van der Waals surface area contributed by atoms with Crippen molar-refractivity contribution in [2.75, 3.05) is 6.54 Å². The van der Waals surface area contributed by atoms with E-state index in [-0.39, 0.29) is 18.2 Å². The van der Waals surface area contributed by atoms with Crippen molar-refractivity contribution in [2.24, 2.45) is 13.0 Å². The van der Waals surface area contributed by atoms with Crippen LogP contribution in [0.2, 0.25) is 10.2 Å². The SMILES string of the molecule is CC(CCC(=O)O)CNC(=O)c1cc(Cl)c(Cl)n1C. The Morgan fingerprint density at radius 3 is 2.58 bits per heavy atom. The van der Waals surface area contributed by atoms with Crippen molar-refractivity contribution in [3.63, 3.8) is 0 Å². The van der Waals surface area contributed by atoms with Crippen LogP contribution in [0.5, 0.6) is 0 Å². The fourth-order valence-electron chi connectivity index (χ4n) is 1.59. The highest BCUT2D eigenvalue weighted by Crippen LogP contribution is 2.24. The largest absolute Gasteiger partial charge is 0.481 e. The number of carboxylic acids is 1. The van der Waals surface area contributed by atoms with E-state index >= 15 is 0 Å². The van der Waals surface area contributed by atoms with E-state index in [1.54, 1.807) is 7.05 Å². The number of halogens is 2. The first-order valence-electron chi connectivity index (χ1n) is 5.83. The predicted octanol–water partition coefficient (Wildman–Crippen LogP) is 2.56. The molecule has 7 heteroatoms. The zero-order valence-corrected chi connectivity index (χ0v) is 12.3. The van der Waals surface area contributed by atoms with Gasteiger partial charge in [0.1, 0.15) is 10.8 Å². The number of rotatable bonds is 6. The number of carbonyl (C=O) groups excluding carboxylic acids is 1. The van der Waals surface area contributed by atoms with Crippen LogP contribution in [-0.4, -0.2) is 28.1 Å². The first-order chi connectivity index (χ1) is 8.82. The Morgan fingerprint density at radius 2 is 2.11 bits per heavy atom. The maximum atomic E-state index is 11.9. The molecule has 1 rings (SSSR count). The van der Waals surface area contributed by atoms with E-state index in [1.165, 1.54) is 10.6 Å². The number of amides is 1. The summed E-state index contributed by atoms with van der Waals surface area (Å²) in [4.78, 5) is 22.3. The average Bonchev–Trinajstić information content (AvgIpc) is 2.61. The van der Waals surface area contributed by atoms with Gasteiger partial charge in [-0.1, -0.05) is 30.1 Å². The lowest BCUT2D eigenvalue weighted by molar-refractivity contribution is -0.137. The second-order valence-electron chi connectivity index (χ2n) is 4.47. The minimum atomic E-state index is -0.834. The van der Waals surface area contributed by atoms with Gasteiger partial charge in [0, 0.05) is 20.0 Å². The smallest absolute Gasteiger partial charge is 0.303 e. The number of hydrogen-bond acceptors (Lipinski definition) is 2. The van der Waals surface area contributed by atoms with Crippen molar-refractivity contribution in [1.82, 2.24) is 9.88 Å². The Labute approximate surface area is 121 Å². The number of nitrogens with one attached hydrogen (secondary N) is 1. The number of hydrogen-bond donors (Lipinski definition) is 2. The van der Waals surface area contributed by atoms with Crippen molar-refractivity contribution in [3.05, 3.63) is 21.9 Å². The van der Waals surface area contributed by atoms with Crippen molar-refractivity contribution < 1.29 is 14.7 Å². The number of carbonyl (C=O) groups is 2. The molecule has 1 amide bonds. The molecule has 0 spiro atoms. The summed E-state index contributed by atoms with van der Waals surface area (Å²) in [5, 5.41) is 11.9. The van der Waals surface area contributed by atoms with Crippen molar-refractivity contribution in [1.29, 1.82) is 0 Å². The van der Waals surface area contributed by atoms with Crippen LogP contribution in [0.4, 0.5) is 0 Å². The van der Waals surface area contributed by atoms with E-state index in [2.05, 4.69) is 5.32 Å². The van der Waals surface area contributed by atoms with Gasteiger partial charge in [-0.15, -0.1) is 0 Å². The minimum absolute atomic E-state index is 0.0891. The fourth-order valence-corrected chi connectivity index (χ4v) is 1.97. The van der Waals surface area contributed by atoms with E-state index in [0.717, 1.165) is 0 Å². The van der Waals surface area contributed by atoms with Crippen LogP contribution in [0.3, 0.4) is 0 Å². The van der Waals surface area contributed by atoms with Gasteiger partial charge in [0.15, 0.2) is 0 Å².